The Kier molecular flexibility index (Phi) is 6.18. The van der Waals surface area contributed by atoms with Gasteiger partial charge in [0.1, 0.15) is 11.6 Å². The van der Waals surface area contributed by atoms with E-state index in [1.807, 2.05) is 0 Å². The summed E-state index contributed by atoms with van der Waals surface area (Å²) in [4.78, 5) is 11.7. The zero-order valence-electron chi connectivity index (χ0n) is 10.4. The van der Waals surface area contributed by atoms with Crippen LogP contribution in [0.25, 0.3) is 0 Å². The molecule has 0 spiro atoms. The molecule has 106 valence electrons. The Morgan fingerprint density at radius 2 is 2.00 bits per heavy atom. The predicted octanol–water partition coefficient (Wildman–Crippen LogP) is 2.12. The topological polar surface area (TPSA) is 41.1 Å². The van der Waals surface area contributed by atoms with E-state index in [-0.39, 0.29) is 18.0 Å². The Labute approximate surface area is 117 Å². The van der Waals surface area contributed by atoms with E-state index in [4.69, 9.17) is 0 Å². The fourth-order valence-corrected chi connectivity index (χ4v) is 2.12. The molecule has 1 aromatic rings. The molecule has 1 aliphatic heterocycles. The largest absolute Gasteiger partial charge is 0.352 e. The number of rotatable bonds is 3. The van der Waals surface area contributed by atoms with Gasteiger partial charge >= 0.3 is 0 Å². The van der Waals surface area contributed by atoms with Gasteiger partial charge in [-0.15, -0.1) is 12.4 Å². The Morgan fingerprint density at radius 3 is 2.58 bits per heavy atom. The van der Waals surface area contributed by atoms with Crippen molar-refractivity contribution < 1.29 is 13.6 Å². The fourth-order valence-electron chi connectivity index (χ4n) is 2.12. The van der Waals surface area contributed by atoms with E-state index in [1.165, 1.54) is 0 Å². The van der Waals surface area contributed by atoms with Crippen molar-refractivity contribution in [3.8, 4) is 0 Å². The molecule has 3 nitrogen and oxygen atoms in total. The van der Waals surface area contributed by atoms with Gasteiger partial charge in [0.25, 0.3) is 5.91 Å². The highest BCUT2D eigenvalue weighted by atomic mass is 35.5. The summed E-state index contributed by atoms with van der Waals surface area (Å²) in [5.74, 6) is -1.51. The quantitative estimate of drug-likeness (QED) is 0.895. The third kappa shape index (κ3) is 4.76. The van der Waals surface area contributed by atoms with Gasteiger partial charge in [0, 0.05) is 18.2 Å². The molecular weight excluding hydrogens is 274 g/mol. The van der Waals surface area contributed by atoms with Crippen molar-refractivity contribution in [2.75, 3.05) is 19.6 Å². The summed E-state index contributed by atoms with van der Waals surface area (Å²) in [7, 11) is 0. The number of carbonyl (C=O) groups excluding carboxylic acids is 1. The van der Waals surface area contributed by atoms with Gasteiger partial charge in [-0.1, -0.05) is 0 Å². The van der Waals surface area contributed by atoms with Crippen molar-refractivity contribution in [3.63, 3.8) is 0 Å². The lowest BCUT2D eigenvalue weighted by molar-refractivity contribution is 0.0944. The molecular formula is C13H17ClF2N2O. The first-order valence-electron chi connectivity index (χ1n) is 6.10. The SMILES string of the molecule is Cl.O=C(NCC1CCCNC1)c1cc(F)cc(F)c1. The van der Waals surface area contributed by atoms with Gasteiger partial charge in [-0.25, -0.2) is 8.78 Å². The minimum Gasteiger partial charge on any atom is -0.352 e. The molecule has 0 saturated carbocycles. The number of benzene rings is 1. The molecule has 1 saturated heterocycles. The summed E-state index contributed by atoms with van der Waals surface area (Å²) >= 11 is 0. The van der Waals surface area contributed by atoms with Gasteiger partial charge in [0.15, 0.2) is 0 Å². The molecule has 0 radical (unpaired) electrons. The van der Waals surface area contributed by atoms with Crippen molar-refractivity contribution >= 4 is 18.3 Å². The molecule has 1 atom stereocenters. The third-order valence-electron chi connectivity index (χ3n) is 3.07. The van der Waals surface area contributed by atoms with Gasteiger partial charge < -0.3 is 10.6 Å². The first kappa shape index (κ1) is 15.9. The fraction of sp³-hybridized carbons (Fsp3) is 0.462. The molecule has 6 heteroatoms. The summed E-state index contributed by atoms with van der Waals surface area (Å²) in [5, 5.41) is 5.96. The molecule has 0 aromatic heterocycles. The second-order valence-corrected chi connectivity index (χ2v) is 4.58. The lowest BCUT2D eigenvalue weighted by Crippen LogP contribution is -2.38. The van der Waals surface area contributed by atoms with Crippen LogP contribution in [0.5, 0.6) is 0 Å². The van der Waals surface area contributed by atoms with Gasteiger partial charge in [0.2, 0.25) is 0 Å². The Hall–Kier alpha value is -1.20. The second kappa shape index (κ2) is 7.40. The summed E-state index contributed by atoms with van der Waals surface area (Å²) < 4.78 is 25.9. The lowest BCUT2D eigenvalue weighted by atomic mass is 9.99. The van der Waals surface area contributed by atoms with E-state index in [0.717, 1.165) is 44.1 Å². The zero-order valence-corrected chi connectivity index (χ0v) is 11.2. The molecule has 1 unspecified atom stereocenters. The van der Waals surface area contributed by atoms with Gasteiger partial charge in [-0.2, -0.15) is 0 Å². The van der Waals surface area contributed by atoms with Crippen LogP contribution in [-0.4, -0.2) is 25.5 Å². The maximum Gasteiger partial charge on any atom is 0.251 e. The van der Waals surface area contributed by atoms with Crippen LogP contribution in [0, 0.1) is 17.6 Å². The van der Waals surface area contributed by atoms with E-state index in [9.17, 15) is 13.6 Å². The maximum absolute atomic E-state index is 13.0. The molecule has 19 heavy (non-hydrogen) atoms. The van der Waals surface area contributed by atoms with E-state index in [1.54, 1.807) is 0 Å². The summed E-state index contributed by atoms with van der Waals surface area (Å²) in [6.07, 6.45) is 2.15. The molecule has 1 aliphatic rings. The second-order valence-electron chi connectivity index (χ2n) is 4.58. The lowest BCUT2D eigenvalue weighted by Gasteiger charge is -2.22. The normalized spacial score (nSPS) is 18.5. The number of amides is 1. The molecule has 1 amide bonds. The third-order valence-corrected chi connectivity index (χ3v) is 3.07. The number of carbonyl (C=O) groups is 1. The first-order chi connectivity index (χ1) is 8.65. The van der Waals surface area contributed by atoms with Crippen LogP contribution in [-0.2, 0) is 0 Å². The smallest absolute Gasteiger partial charge is 0.251 e. The minimum absolute atomic E-state index is 0. The zero-order chi connectivity index (χ0) is 13.0. The summed E-state index contributed by atoms with van der Waals surface area (Å²) in [5.41, 5.74) is 0.0243. The van der Waals surface area contributed by atoms with Gasteiger partial charge in [0.05, 0.1) is 0 Å². The number of nitrogens with one attached hydrogen (secondary N) is 2. The molecule has 1 fully saturated rings. The van der Waals surface area contributed by atoms with E-state index < -0.39 is 17.5 Å². The standard InChI is InChI=1S/C13H16F2N2O.ClH/c14-11-4-10(5-12(15)6-11)13(18)17-8-9-2-1-3-16-7-9;/h4-6,9,16H,1-3,7-8H2,(H,17,18);1H. The molecule has 0 aliphatic carbocycles. The van der Waals surface area contributed by atoms with Crippen LogP contribution in [0.4, 0.5) is 8.78 Å². The molecule has 2 rings (SSSR count). The highest BCUT2D eigenvalue weighted by Gasteiger charge is 2.15. The van der Waals surface area contributed by atoms with Crippen LogP contribution in [0.1, 0.15) is 23.2 Å². The van der Waals surface area contributed by atoms with Gasteiger partial charge in [-0.05, 0) is 44.0 Å². The molecule has 1 aromatic carbocycles. The van der Waals surface area contributed by atoms with E-state index >= 15 is 0 Å². The number of hydrogen-bond acceptors (Lipinski definition) is 2. The van der Waals surface area contributed by atoms with Crippen molar-refractivity contribution in [3.05, 3.63) is 35.4 Å². The Morgan fingerprint density at radius 1 is 1.32 bits per heavy atom. The van der Waals surface area contributed by atoms with Crippen LogP contribution in [0.3, 0.4) is 0 Å². The Balaban J connectivity index is 0.00000180. The maximum atomic E-state index is 13.0. The summed E-state index contributed by atoms with van der Waals surface area (Å²) in [6.45, 7) is 2.42. The Bertz CT molecular complexity index is 416. The number of hydrogen-bond donors (Lipinski definition) is 2. The van der Waals surface area contributed by atoms with E-state index in [2.05, 4.69) is 10.6 Å². The highest BCUT2D eigenvalue weighted by molar-refractivity contribution is 5.94. The van der Waals surface area contributed by atoms with Crippen LogP contribution in [0.2, 0.25) is 0 Å². The predicted molar refractivity (Wildman–Crippen MR) is 71.5 cm³/mol. The van der Waals surface area contributed by atoms with Crippen molar-refractivity contribution in [1.29, 1.82) is 0 Å². The molecule has 1 heterocycles. The van der Waals surface area contributed by atoms with Crippen LogP contribution in [0.15, 0.2) is 18.2 Å². The average Bonchev–Trinajstić information content (AvgIpc) is 2.36. The van der Waals surface area contributed by atoms with Crippen LogP contribution < -0.4 is 10.6 Å². The van der Waals surface area contributed by atoms with Crippen molar-refractivity contribution in [1.82, 2.24) is 10.6 Å². The number of piperidine rings is 1. The van der Waals surface area contributed by atoms with Crippen molar-refractivity contribution in [2.45, 2.75) is 12.8 Å². The molecule has 0 bridgehead atoms. The average molecular weight is 291 g/mol. The highest BCUT2D eigenvalue weighted by Crippen LogP contribution is 2.10. The first-order valence-corrected chi connectivity index (χ1v) is 6.10. The van der Waals surface area contributed by atoms with Crippen molar-refractivity contribution in [2.24, 2.45) is 5.92 Å². The summed E-state index contributed by atoms with van der Waals surface area (Å²) in [6, 6.07) is 2.83. The molecule has 2 N–H and O–H groups in total. The number of halogens is 3. The van der Waals surface area contributed by atoms with Gasteiger partial charge in [-0.3, -0.25) is 4.79 Å². The van der Waals surface area contributed by atoms with Crippen LogP contribution >= 0.6 is 12.4 Å². The van der Waals surface area contributed by atoms with E-state index in [0.29, 0.717) is 12.5 Å². The minimum atomic E-state index is -0.737. The monoisotopic (exact) mass is 290 g/mol.